The molecule has 0 atom stereocenters. The van der Waals surface area contributed by atoms with E-state index in [1.54, 1.807) is 27.7 Å². The van der Waals surface area contributed by atoms with E-state index in [2.05, 4.69) is 0 Å². The fourth-order valence-electron chi connectivity index (χ4n) is 3.08. The van der Waals surface area contributed by atoms with Crippen molar-refractivity contribution in [2.45, 2.75) is 78.5 Å². The number of hydrogen-bond acceptors (Lipinski definition) is 11. The van der Waals surface area contributed by atoms with Gasteiger partial charge in [0.05, 0.1) is 0 Å². The number of carbonyl (C=O) groups is 6. The molecule has 0 bridgehead atoms. The third kappa shape index (κ3) is 7.06. The average molecular weight is 670 g/mol. The molecule has 2 aliphatic heterocycles. The molecular weight excluding hydrogens is 642 g/mol. The van der Waals surface area contributed by atoms with Crippen LogP contribution in [0.4, 0.5) is 0 Å². The second-order valence-corrected chi connectivity index (χ2v) is 26.9. The third-order valence-electron chi connectivity index (χ3n) is 5.05. The summed E-state index contributed by atoms with van der Waals surface area (Å²) in [5.41, 5.74) is 0. The van der Waals surface area contributed by atoms with Gasteiger partial charge in [-0.05, 0) is 0 Å². The third-order valence-corrected chi connectivity index (χ3v) is 24.3. The molecule has 0 unspecified atom stereocenters. The molecule has 2 fully saturated rings. The Bertz CT molecular complexity index is 703. The zero-order valence-electron chi connectivity index (χ0n) is 18.6. The molecule has 2 heterocycles. The van der Waals surface area contributed by atoms with Crippen LogP contribution in [-0.4, -0.2) is 74.5 Å². The Labute approximate surface area is 196 Å². The zero-order chi connectivity index (χ0) is 24.1. The molecule has 2 saturated heterocycles. The van der Waals surface area contributed by atoms with E-state index in [1.807, 2.05) is 0 Å². The van der Waals surface area contributed by atoms with E-state index < -0.39 is 78.4 Å². The van der Waals surface area contributed by atoms with Crippen LogP contribution >= 0.6 is 0 Å². The molecule has 0 aliphatic carbocycles. The first-order valence-corrected chi connectivity index (χ1v) is 21.6. The van der Waals surface area contributed by atoms with Gasteiger partial charge < -0.3 is 0 Å². The van der Waals surface area contributed by atoms with Crippen LogP contribution in [0.3, 0.4) is 0 Å². The maximum absolute atomic E-state index is 12.6. The first kappa shape index (κ1) is 26.9. The van der Waals surface area contributed by atoms with Gasteiger partial charge in [-0.15, -0.1) is 0 Å². The summed E-state index contributed by atoms with van der Waals surface area (Å²) in [6.07, 6.45) is -1.08. The minimum atomic E-state index is -4.86. The SMILES string of the molecule is C[CH](C)[Sn]1([CH2]C(=O)CCC(=O)[O][Sn]2([CH](C)C)[O]C(=O)CCC(=O)[O]2)[O]C(=O)CCC(=O)[O]1. The second-order valence-electron chi connectivity index (χ2n) is 8.31. The molecule has 13 heteroatoms. The molecule has 178 valence electrons. The molecule has 11 nitrogen and oxygen atoms in total. The summed E-state index contributed by atoms with van der Waals surface area (Å²) in [4.78, 5) is 72.7. The molecule has 0 radical (unpaired) electrons. The van der Waals surface area contributed by atoms with Crippen molar-refractivity contribution < 1.29 is 44.1 Å². The molecule has 0 aromatic heterocycles. The van der Waals surface area contributed by atoms with Gasteiger partial charge in [0.15, 0.2) is 0 Å². The second kappa shape index (κ2) is 11.2. The molecule has 0 aromatic carbocycles. The summed E-state index contributed by atoms with van der Waals surface area (Å²) in [6, 6.07) is 0. The Kier molecular flexibility index (Phi) is 9.37. The average Bonchev–Trinajstić information content (AvgIpc) is 2.92. The van der Waals surface area contributed by atoms with Crippen molar-refractivity contribution in [3.05, 3.63) is 0 Å². The quantitative estimate of drug-likeness (QED) is 0.349. The van der Waals surface area contributed by atoms with Crippen molar-refractivity contribution >= 4 is 74.5 Å². The van der Waals surface area contributed by atoms with Crippen LogP contribution in [-0.2, 0) is 44.1 Å². The monoisotopic (exact) mass is 672 g/mol. The predicted molar refractivity (Wildman–Crippen MR) is 110 cm³/mol. The normalized spacial score (nSPS) is 20.4. The molecule has 0 spiro atoms. The summed E-state index contributed by atoms with van der Waals surface area (Å²) in [5, 5.41) is 0. The van der Waals surface area contributed by atoms with Crippen LogP contribution < -0.4 is 0 Å². The Balaban J connectivity index is 2.03. The summed E-state index contributed by atoms with van der Waals surface area (Å²) in [7, 11) is 0. The number of Topliss-reactive ketones (excluding diaryl/α,β-unsaturated/α-hetero) is 1. The predicted octanol–water partition coefficient (Wildman–Crippen LogP) is 1.84. The molecule has 0 N–H and O–H groups in total. The number of ketones is 1. The van der Waals surface area contributed by atoms with Crippen molar-refractivity contribution in [1.82, 2.24) is 0 Å². The van der Waals surface area contributed by atoms with E-state index in [0.717, 1.165) is 0 Å². The van der Waals surface area contributed by atoms with E-state index >= 15 is 0 Å². The zero-order valence-corrected chi connectivity index (χ0v) is 24.3. The van der Waals surface area contributed by atoms with Crippen molar-refractivity contribution in [3.63, 3.8) is 0 Å². The summed E-state index contributed by atoms with van der Waals surface area (Å²) < 4.78 is 26.0. The summed E-state index contributed by atoms with van der Waals surface area (Å²) in [5.74, 6) is -3.66. The van der Waals surface area contributed by atoms with Gasteiger partial charge in [0.2, 0.25) is 0 Å². The number of hydrogen-bond donors (Lipinski definition) is 0. The van der Waals surface area contributed by atoms with Crippen LogP contribution in [0.15, 0.2) is 0 Å². The number of carbonyl (C=O) groups excluding carboxylic acids is 6. The standard InChI is InChI=1S/C5H7O3.2C4H6O4.2C3H7.2Sn/c1-4(6)2-3-5(7)8;2*5-3(6)1-2-4(7)8;2*1-3-2;;/h1-3H2,(H,7,8);2*1-2H2,(H,5,6)(H,7,8);2*3H,1-2H3;;/q;;;;;+2;+3/p-5. The van der Waals surface area contributed by atoms with Crippen LogP contribution in [0.5, 0.6) is 0 Å². The van der Waals surface area contributed by atoms with Crippen LogP contribution in [0.2, 0.25) is 12.3 Å². The van der Waals surface area contributed by atoms with Gasteiger partial charge in [0, 0.05) is 0 Å². The van der Waals surface area contributed by atoms with E-state index in [-0.39, 0.29) is 46.9 Å². The fourth-order valence-corrected chi connectivity index (χ4v) is 16.9. The Morgan fingerprint density at radius 1 is 0.750 bits per heavy atom. The molecular formula is C19H28O11Sn2. The van der Waals surface area contributed by atoms with Crippen molar-refractivity contribution in [2.24, 2.45) is 0 Å². The Morgan fingerprint density at radius 3 is 1.59 bits per heavy atom. The summed E-state index contributed by atoms with van der Waals surface area (Å²) in [6.45, 7) is 6.74. The minimum absolute atomic E-state index is 0.0908. The molecule has 2 aliphatic rings. The van der Waals surface area contributed by atoms with E-state index in [4.69, 9.17) is 15.4 Å². The van der Waals surface area contributed by atoms with Gasteiger partial charge in [-0.3, -0.25) is 0 Å². The van der Waals surface area contributed by atoms with Gasteiger partial charge in [-0.2, -0.15) is 0 Å². The van der Waals surface area contributed by atoms with Gasteiger partial charge in [0.25, 0.3) is 0 Å². The molecule has 32 heavy (non-hydrogen) atoms. The van der Waals surface area contributed by atoms with Gasteiger partial charge in [-0.25, -0.2) is 0 Å². The summed E-state index contributed by atoms with van der Waals surface area (Å²) >= 11 is -9.26. The van der Waals surface area contributed by atoms with Crippen molar-refractivity contribution in [1.29, 1.82) is 0 Å². The molecule has 2 rings (SSSR count). The first-order chi connectivity index (χ1) is 14.9. The van der Waals surface area contributed by atoms with Gasteiger partial charge in [-0.1, -0.05) is 0 Å². The first-order valence-electron chi connectivity index (χ1n) is 10.5. The van der Waals surface area contributed by atoms with Crippen molar-refractivity contribution in [3.8, 4) is 0 Å². The van der Waals surface area contributed by atoms with Gasteiger partial charge in [0.1, 0.15) is 0 Å². The van der Waals surface area contributed by atoms with Crippen LogP contribution in [0.1, 0.15) is 66.2 Å². The van der Waals surface area contributed by atoms with Crippen LogP contribution in [0, 0.1) is 0 Å². The van der Waals surface area contributed by atoms with Crippen LogP contribution in [0.25, 0.3) is 0 Å². The molecule has 0 saturated carbocycles. The molecule has 0 aromatic rings. The fraction of sp³-hybridized carbons (Fsp3) is 0.684. The van der Waals surface area contributed by atoms with E-state index in [1.165, 1.54) is 0 Å². The Hall–Kier alpha value is -1.38. The topological polar surface area (TPSA) is 149 Å². The Morgan fingerprint density at radius 2 is 1.19 bits per heavy atom. The maximum atomic E-state index is 12.6. The molecule has 0 amide bonds. The van der Waals surface area contributed by atoms with E-state index in [9.17, 15) is 28.8 Å². The van der Waals surface area contributed by atoms with Gasteiger partial charge >= 0.3 is 197 Å². The van der Waals surface area contributed by atoms with Crippen molar-refractivity contribution in [2.75, 3.05) is 0 Å². The number of rotatable bonds is 8. The van der Waals surface area contributed by atoms with E-state index in [0.29, 0.717) is 0 Å².